The van der Waals surface area contributed by atoms with Crippen molar-refractivity contribution in [3.63, 3.8) is 0 Å². The molecule has 2 amide bonds. The molecule has 0 aliphatic carbocycles. The highest BCUT2D eigenvalue weighted by Gasteiger charge is 2.31. The van der Waals surface area contributed by atoms with Gasteiger partial charge in [0.2, 0.25) is 11.8 Å². The Bertz CT molecular complexity index is 892. The first-order valence-electron chi connectivity index (χ1n) is 9.95. The maximum absolute atomic E-state index is 12.7. The van der Waals surface area contributed by atoms with E-state index in [9.17, 15) is 14.4 Å². The first kappa shape index (κ1) is 20.6. The molecule has 2 aromatic rings. The van der Waals surface area contributed by atoms with Crippen LogP contribution < -0.4 is 5.32 Å². The number of hydrogen-bond donors (Lipinski definition) is 2. The maximum Gasteiger partial charge on any atom is 0.356 e. The van der Waals surface area contributed by atoms with Crippen molar-refractivity contribution in [1.82, 2.24) is 20.0 Å². The van der Waals surface area contributed by atoms with Crippen LogP contribution in [0, 0.1) is 0 Å². The van der Waals surface area contributed by atoms with Gasteiger partial charge in [-0.2, -0.15) is 5.10 Å². The smallest absolute Gasteiger partial charge is 0.356 e. The number of rotatable bonds is 7. The SMILES string of the molecule is CCCC(=O)N1CCCCC1C(=O)NCc1cccc(-n2ccc(C(=O)O)n2)c1. The maximum atomic E-state index is 12.7. The summed E-state index contributed by atoms with van der Waals surface area (Å²) < 4.78 is 1.49. The number of benzene rings is 1. The van der Waals surface area contributed by atoms with E-state index in [0.717, 1.165) is 24.8 Å². The monoisotopic (exact) mass is 398 g/mol. The van der Waals surface area contributed by atoms with E-state index < -0.39 is 12.0 Å². The van der Waals surface area contributed by atoms with Gasteiger partial charge in [0.15, 0.2) is 5.69 Å². The highest BCUT2D eigenvalue weighted by Crippen LogP contribution is 2.19. The van der Waals surface area contributed by atoms with Crippen molar-refractivity contribution >= 4 is 17.8 Å². The number of hydrogen-bond acceptors (Lipinski definition) is 4. The van der Waals surface area contributed by atoms with E-state index in [1.165, 1.54) is 10.7 Å². The molecule has 1 aromatic carbocycles. The molecule has 8 heteroatoms. The van der Waals surface area contributed by atoms with Crippen molar-refractivity contribution in [1.29, 1.82) is 0 Å². The van der Waals surface area contributed by atoms with E-state index in [2.05, 4.69) is 10.4 Å². The van der Waals surface area contributed by atoms with Gasteiger partial charge in [0.1, 0.15) is 6.04 Å². The third kappa shape index (κ3) is 5.01. The van der Waals surface area contributed by atoms with Crippen LogP contribution in [-0.2, 0) is 16.1 Å². The van der Waals surface area contributed by atoms with Crippen molar-refractivity contribution in [3.05, 3.63) is 47.8 Å². The van der Waals surface area contributed by atoms with Gasteiger partial charge in [0.25, 0.3) is 0 Å². The average molecular weight is 398 g/mol. The third-order valence-corrected chi connectivity index (χ3v) is 5.04. The lowest BCUT2D eigenvalue weighted by Crippen LogP contribution is -2.51. The number of aromatic carboxylic acids is 1. The zero-order chi connectivity index (χ0) is 20.8. The molecule has 154 valence electrons. The summed E-state index contributed by atoms with van der Waals surface area (Å²) in [6.07, 6.45) is 5.38. The van der Waals surface area contributed by atoms with Gasteiger partial charge in [-0.3, -0.25) is 9.59 Å². The Morgan fingerprint density at radius 2 is 2.07 bits per heavy atom. The molecule has 1 atom stereocenters. The number of nitrogens with one attached hydrogen (secondary N) is 1. The van der Waals surface area contributed by atoms with Crippen molar-refractivity contribution in [2.75, 3.05) is 6.54 Å². The normalized spacial score (nSPS) is 16.4. The summed E-state index contributed by atoms with van der Waals surface area (Å²) in [5.41, 5.74) is 1.55. The number of carbonyl (C=O) groups is 3. The first-order valence-corrected chi connectivity index (χ1v) is 9.95. The molecule has 0 bridgehead atoms. The summed E-state index contributed by atoms with van der Waals surface area (Å²) in [6, 6.07) is 8.40. The van der Waals surface area contributed by atoms with Crippen molar-refractivity contribution in [3.8, 4) is 5.69 Å². The number of piperidine rings is 1. The zero-order valence-electron chi connectivity index (χ0n) is 16.5. The van der Waals surface area contributed by atoms with Gasteiger partial charge in [-0.1, -0.05) is 19.1 Å². The fourth-order valence-corrected chi connectivity index (χ4v) is 3.56. The highest BCUT2D eigenvalue weighted by atomic mass is 16.4. The van der Waals surface area contributed by atoms with Gasteiger partial charge in [-0.25, -0.2) is 9.48 Å². The number of likely N-dealkylation sites (tertiary alicyclic amines) is 1. The Kier molecular flexibility index (Phi) is 6.64. The predicted molar refractivity (Wildman–Crippen MR) is 107 cm³/mol. The summed E-state index contributed by atoms with van der Waals surface area (Å²) in [7, 11) is 0. The summed E-state index contributed by atoms with van der Waals surface area (Å²) in [5.74, 6) is -1.17. The van der Waals surface area contributed by atoms with Gasteiger partial charge < -0.3 is 15.3 Å². The number of carboxylic acid groups (broad SMARTS) is 1. The summed E-state index contributed by atoms with van der Waals surface area (Å²) in [4.78, 5) is 37.8. The van der Waals surface area contributed by atoms with Gasteiger partial charge in [0, 0.05) is 25.7 Å². The molecule has 2 N–H and O–H groups in total. The Morgan fingerprint density at radius 1 is 1.24 bits per heavy atom. The second-order valence-electron chi connectivity index (χ2n) is 7.19. The molecule has 8 nitrogen and oxygen atoms in total. The molecular formula is C21H26N4O4. The van der Waals surface area contributed by atoms with E-state index >= 15 is 0 Å². The van der Waals surface area contributed by atoms with Crippen LogP contribution in [0.1, 0.15) is 55.1 Å². The van der Waals surface area contributed by atoms with Gasteiger partial charge in [0.05, 0.1) is 5.69 Å². The molecule has 0 spiro atoms. The van der Waals surface area contributed by atoms with Crippen molar-refractivity contribution < 1.29 is 19.5 Å². The molecule has 3 rings (SSSR count). The quantitative estimate of drug-likeness (QED) is 0.745. The van der Waals surface area contributed by atoms with Crippen LogP contribution in [0.2, 0.25) is 0 Å². The van der Waals surface area contributed by atoms with E-state index in [0.29, 0.717) is 31.6 Å². The lowest BCUT2D eigenvalue weighted by Gasteiger charge is -2.34. The van der Waals surface area contributed by atoms with Gasteiger partial charge >= 0.3 is 5.97 Å². The Labute approximate surface area is 169 Å². The van der Waals surface area contributed by atoms with Crippen LogP contribution >= 0.6 is 0 Å². The zero-order valence-corrected chi connectivity index (χ0v) is 16.5. The Hall–Kier alpha value is -3.16. The topological polar surface area (TPSA) is 105 Å². The number of amides is 2. The predicted octanol–water partition coefficient (Wildman–Crippen LogP) is 2.37. The van der Waals surface area contributed by atoms with E-state index in [-0.39, 0.29) is 17.5 Å². The fourth-order valence-electron chi connectivity index (χ4n) is 3.56. The Balaban J connectivity index is 1.65. The number of carboxylic acids is 1. The summed E-state index contributed by atoms with van der Waals surface area (Å²) >= 11 is 0. The van der Waals surface area contributed by atoms with Gasteiger partial charge in [-0.05, 0) is 49.4 Å². The second-order valence-corrected chi connectivity index (χ2v) is 7.19. The molecule has 1 aliphatic rings. The second kappa shape index (κ2) is 9.36. The first-order chi connectivity index (χ1) is 14.0. The highest BCUT2D eigenvalue weighted by molar-refractivity contribution is 5.88. The van der Waals surface area contributed by atoms with Crippen LogP contribution in [-0.4, -0.2) is 50.2 Å². The molecule has 1 unspecified atom stereocenters. The van der Waals surface area contributed by atoms with Gasteiger partial charge in [-0.15, -0.1) is 0 Å². The minimum Gasteiger partial charge on any atom is -0.476 e. The molecule has 2 heterocycles. The molecule has 1 aliphatic heterocycles. The standard InChI is InChI=1S/C21H26N4O4/c1-2-6-19(26)24-11-4-3-9-18(24)20(27)22-14-15-7-5-8-16(13-15)25-12-10-17(23-25)21(28)29/h5,7-8,10,12-13,18H,2-4,6,9,11,14H2,1H3,(H,22,27)(H,28,29). The van der Waals surface area contributed by atoms with Crippen LogP contribution in [0.25, 0.3) is 5.69 Å². The number of aromatic nitrogens is 2. The molecule has 0 saturated carbocycles. The van der Waals surface area contributed by atoms with Crippen LogP contribution in [0.3, 0.4) is 0 Å². The van der Waals surface area contributed by atoms with Crippen LogP contribution in [0.15, 0.2) is 36.5 Å². The third-order valence-electron chi connectivity index (χ3n) is 5.04. The van der Waals surface area contributed by atoms with Crippen LogP contribution in [0.4, 0.5) is 0 Å². The Morgan fingerprint density at radius 3 is 2.79 bits per heavy atom. The number of nitrogens with zero attached hydrogens (tertiary/aromatic N) is 3. The lowest BCUT2D eigenvalue weighted by molar-refractivity contribution is -0.142. The molecule has 0 radical (unpaired) electrons. The lowest BCUT2D eigenvalue weighted by atomic mass is 10.0. The fraction of sp³-hybridized carbons (Fsp3) is 0.429. The van der Waals surface area contributed by atoms with E-state index in [4.69, 9.17) is 5.11 Å². The molecule has 1 fully saturated rings. The molecule has 1 saturated heterocycles. The molecular weight excluding hydrogens is 372 g/mol. The minimum atomic E-state index is -1.08. The molecule has 1 aromatic heterocycles. The number of carbonyl (C=O) groups excluding carboxylic acids is 2. The van der Waals surface area contributed by atoms with Crippen molar-refractivity contribution in [2.45, 2.75) is 51.6 Å². The van der Waals surface area contributed by atoms with E-state index in [1.54, 1.807) is 11.1 Å². The summed E-state index contributed by atoms with van der Waals surface area (Å²) in [6.45, 7) is 2.92. The summed E-state index contributed by atoms with van der Waals surface area (Å²) in [5, 5.41) is 16.0. The van der Waals surface area contributed by atoms with Crippen LogP contribution in [0.5, 0.6) is 0 Å². The molecule has 29 heavy (non-hydrogen) atoms. The average Bonchev–Trinajstić information content (AvgIpc) is 3.23. The minimum absolute atomic E-state index is 0.0298. The van der Waals surface area contributed by atoms with E-state index in [1.807, 2.05) is 31.2 Å². The van der Waals surface area contributed by atoms with Crippen molar-refractivity contribution in [2.24, 2.45) is 0 Å². The largest absolute Gasteiger partial charge is 0.476 e.